The Kier molecular flexibility index (Phi) is 5.01. The maximum atomic E-state index is 11.8. The van der Waals surface area contributed by atoms with Gasteiger partial charge in [-0.25, -0.2) is 13.4 Å². The molecule has 0 amide bonds. The number of nitrogens with one attached hydrogen (secondary N) is 1. The first kappa shape index (κ1) is 17.1. The largest absolute Gasteiger partial charge is 0.337 e. The normalized spacial score (nSPS) is 11.3. The SMILES string of the molecule is CN(c1c(Cl)cccc1Nc1nc(Cl)ncc1Cl)S(C)(=O)=O. The fourth-order valence-electron chi connectivity index (χ4n) is 1.66. The van der Waals surface area contributed by atoms with Crippen LogP contribution >= 0.6 is 34.8 Å². The third-order valence-corrected chi connectivity index (χ3v) is 4.71. The van der Waals surface area contributed by atoms with Gasteiger partial charge in [-0.1, -0.05) is 29.3 Å². The van der Waals surface area contributed by atoms with Gasteiger partial charge in [-0.2, -0.15) is 4.98 Å². The first-order valence-electron chi connectivity index (χ1n) is 5.87. The zero-order valence-electron chi connectivity index (χ0n) is 11.5. The highest BCUT2D eigenvalue weighted by molar-refractivity contribution is 7.92. The van der Waals surface area contributed by atoms with Crippen molar-refractivity contribution in [1.29, 1.82) is 0 Å². The van der Waals surface area contributed by atoms with E-state index in [9.17, 15) is 8.42 Å². The molecule has 1 heterocycles. The molecule has 0 radical (unpaired) electrons. The van der Waals surface area contributed by atoms with Gasteiger partial charge < -0.3 is 5.32 Å². The number of benzene rings is 1. The highest BCUT2D eigenvalue weighted by atomic mass is 35.5. The summed E-state index contributed by atoms with van der Waals surface area (Å²) in [6, 6.07) is 4.90. The van der Waals surface area contributed by atoms with Crippen LogP contribution in [0.2, 0.25) is 15.3 Å². The van der Waals surface area contributed by atoms with Crippen LogP contribution in [0.1, 0.15) is 0 Å². The molecule has 0 fully saturated rings. The van der Waals surface area contributed by atoms with Crippen LogP contribution in [-0.4, -0.2) is 31.7 Å². The quantitative estimate of drug-likeness (QED) is 0.819. The maximum absolute atomic E-state index is 11.8. The Hall–Kier alpha value is -1.28. The van der Waals surface area contributed by atoms with E-state index in [0.29, 0.717) is 5.69 Å². The van der Waals surface area contributed by atoms with E-state index in [1.807, 2.05) is 0 Å². The van der Waals surface area contributed by atoms with Crippen molar-refractivity contribution in [3.05, 3.63) is 39.7 Å². The number of aromatic nitrogens is 2. The summed E-state index contributed by atoms with van der Waals surface area (Å²) in [6.45, 7) is 0. The summed E-state index contributed by atoms with van der Waals surface area (Å²) >= 11 is 17.9. The monoisotopic (exact) mass is 380 g/mol. The number of para-hydroxylation sites is 1. The summed E-state index contributed by atoms with van der Waals surface area (Å²) in [4.78, 5) is 7.71. The standard InChI is InChI=1S/C12H11Cl3N4O2S/c1-19(22(2,20)21)10-7(13)4-3-5-9(10)17-11-8(14)6-16-12(15)18-11/h3-6H,1-2H3,(H,16,17,18). The molecule has 6 nitrogen and oxygen atoms in total. The van der Waals surface area contributed by atoms with Gasteiger partial charge in [0.2, 0.25) is 15.3 Å². The van der Waals surface area contributed by atoms with Crippen molar-refractivity contribution in [2.45, 2.75) is 0 Å². The van der Waals surface area contributed by atoms with E-state index in [1.165, 1.54) is 13.2 Å². The van der Waals surface area contributed by atoms with Crippen molar-refractivity contribution in [3.8, 4) is 0 Å². The molecule has 22 heavy (non-hydrogen) atoms. The van der Waals surface area contributed by atoms with Gasteiger partial charge in [-0.15, -0.1) is 0 Å². The lowest BCUT2D eigenvalue weighted by molar-refractivity contribution is 0.600. The fraction of sp³-hybridized carbons (Fsp3) is 0.167. The highest BCUT2D eigenvalue weighted by Gasteiger charge is 2.20. The van der Waals surface area contributed by atoms with Crippen LogP contribution in [0.5, 0.6) is 0 Å². The van der Waals surface area contributed by atoms with Crippen LogP contribution in [0.25, 0.3) is 0 Å². The van der Waals surface area contributed by atoms with E-state index in [2.05, 4.69) is 15.3 Å². The molecular weight excluding hydrogens is 371 g/mol. The van der Waals surface area contributed by atoms with E-state index >= 15 is 0 Å². The third-order valence-electron chi connectivity index (χ3n) is 2.77. The second-order valence-electron chi connectivity index (χ2n) is 4.33. The summed E-state index contributed by atoms with van der Waals surface area (Å²) in [5.41, 5.74) is 0.689. The van der Waals surface area contributed by atoms with Gasteiger partial charge in [0.15, 0.2) is 5.82 Å². The minimum atomic E-state index is -3.49. The Morgan fingerprint density at radius 2 is 1.86 bits per heavy atom. The second-order valence-corrected chi connectivity index (χ2v) is 7.49. The van der Waals surface area contributed by atoms with Gasteiger partial charge in [0.1, 0.15) is 5.02 Å². The second kappa shape index (κ2) is 6.45. The molecule has 1 aromatic carbocycles. The highest BCUT2D eigenvalue weighted by Crippen LogP contribution is 2.37. The first-order valence-corrected chi connectivity index (χ1v) is 8.86. The number of rotatable bonds is 4. The zero-order chi connectivity index (χ0) is 16.5. The Morgan fingerprint density at radius 3 is 2.50 bits per heavy atom. The molecule has 0 saturated heterocycles. The zero-order valence-corrected chi connectivity index (χ0v) is 14.6. The Bertz CT molecular complexity index is 814. The molecule has 2 rings (SSSR count). The molecule has 2 aromatic rings. The Labute approximate surface area is 143 Å². The number of anilines is 3. The van der Waals surface area contributed by atoms with E-state index in [4.69, 9.17) is 34.8 Å². The van der Waals surface area contributed by atoms with Crippen LogP contribution in [0.3, 0.4) is 0 Å². The molecule has 0 unspecified atom stereocenters. The van der Waals surface area contributed by atoms with Crippen molar-refractivity contribution in [3.63, 3.8) is 0 Å². The summed E-state index contributed by atoms with van der Waals surface area (Å²) in [6.07, 6.45) is 2.42. The van der Waals surface area contributed by atoms with Gasteiger partial charge in [0.05, 0.1) is 28.9 Å². The van der Waals surface area contributed by atoms with Crippen molar-refractivity contribution < 1.29 is 8.42 Å². The van der Waals surface area contributed by atoms with Gasteiger partial charge in [0.25, 0.3) is 0 Å². The molecule has 0 spiro atoms. The molecule has 118 valence electrons. The minimum Gasteiger partial charge on any atom is -0.337 e. The van der Waals surface area contributed by atoms with E-state index in [1.54, 1.807) is 18.2 Å². The molecule has 0 saturated carbocycles. The first-order chi connectivity index (χ1) is 10.2. The molecule has 0 aliphatic heterocycles. The lowest BCUT2D eigenvalue weighted by atomic mass is 10.2. The molecule has 0 aliphatic carbocycles. The topological polar surface area (TPSA) is 75.2 Å². The summed E-state index contributed by atoms with van der Waals surface area (Å²) in [5.74, 6) is 0.243. The van der Waals surface area contributed by atoms with Crippen LogP contribution in [0, 0.1) is 0 Å². The fourth-order valence-corrected chi connectivity index (χ4v) is 2.81. The summed E-state index contributed by atoms with van der Waals surface area (Å²) in [7, 11) is -2.10. The van der Waals surface area contributed by atoms with E-state index in [0.717, 1.165) is 10.6 Å². The van der Waals surface area contributed by atoms with Crippen LogP contribution < -0.4 is 9.62 Å². The molecule has 0 atom stereocenters. The van der Waals surface area contributed by atoms with Crippen LogP contribution in [-0.2, 0) is 10.0 Å². The van der Waals surface area contributed by atoms with Crippen LogP contribution in [0.4, 0.5) is 17.2 Å². The lowest BCUT2D eigenvalue weighted by Crippen LogP contribution is -2.26. The number of hydrogen-bond donors (Lipinski definition) is 1. The summed E-state index contributed by atoms with van der Waals surface area (Å²) in [5, 5.41) is 3.42. The molecule has 0 bridgehead atoms. The van der Waals surface area contributed by atoms with Gasteiger partial charge in [-0.05, 0) is 23.7 Å². The lowest BCUT2D eigenvalue weighted by Gasteiger charge is -2.22. The van der Waals surface area contributed by atoms with Gasteiger partial charge >= 0.3 is 0 Å². The van der Waals surface area contributed by atoms with Gasteiger partial charge in [0, 0.05) is 7.05 Å². The van der Waals surface area contributed by atoms with Crippen LogP contribution in [0.15, 0.2) is 24.4 Å². The van der Waals surface area contributed by atoms with E-state index in [-0.39, 0.29) is 26.8 Å². The molecule has 1 aromatic heterocycles. The van der Waals surface area contributed by atoms with Crippen molar-refractivity contribution in [2.24, 2.45) is 0 Å². The summed E-state index contributed by atoms with van der Waals surface area (Å²) < 4.78 is 24.6. The minimum absolute atomic E-state index is 0.00643. The predicted octanol–water partition coefficient (Wildman–Crippen LogP) is 3.58. The number of hydrogen-bond acceptors (Lipinski definition) is 5. The number of sulfonamides is 1. The smallest absolute Gasteiger partial charge is 0.232 e. The third kappa shape index (κ3) is 3.73. The van der Waals surface area contributed by atoms with Crippen molar-refractivity contribution in [2.75, 3.05) is 22.9 Å². The Morgan fingerprint density at radius 1 is 1.18 bits per heavy atom. The molecule has 10 heteroatoms. The molecule has 0 aliphatic rings. The van der Waals surface area contributed by atoms with Crippen molar-refractivity contribution in [1.82, 2.24) is 9.97 Å². The molecular formula is C12H11Cl3N4O2S. The average Bonchev–Trinajstić information content (AvgIpc) is 2.41. The number of halogens is 3. The maximum Gasteiger partial charge on any atom is 0.232 e. The van der Waals surface area contributed by atoms with Gasteiger partial charge in [-0.3, -0.25) is 4.31 Å². The van der Waals surface area contributed by atoms with E-state index < -0.39 is 10.0 Å². The predicted molar refractivity (Wildman–Crippen MR) is 90.0 cm³/mol. The average molecular weight is 382 g/mol. The van der Waals surface area contributed by atoms with Crippen molar-refractivity contribution >= 4 is 62.0 Å². The Balaban J connectivity index is 2.53. The molecule has 1 N–H and O–H groups in total. The number of nitrogens with zero attached hydrogens (tertiary/aromatic N) is 3.